The molecule has 0 atom stereocenters. The number of aromatic hydroxyl groups is 1. The minimum atomic E-state index is 0.168. The van der Waals surface area contributed by atoms with Gasteiger partial charge in [0.15, 0.2) is 11.6 Å². The fourth-order valence-corrected chi connectivity index (χ4v) is 3.49. The molecular formula is C21H23N7O. The largest absolute Gasteiger partial charge is 0.507 e. The first-order valence-corrected chi connectivity index (χ1v) is 9.52. The highest BCUT2D eigenvalue weighted by Gasteiger charge is 2.20. The zero-order valence-corrected chi connectivity index (χ0v) is 16.1. The Hall–Kier alpha value is -3.68. The lowest BCUT2D eigenvalue weighted by Crippen LogP contribution is -2.31. The Labute approximate surface area is 169 Å². The van der Waals surface area contributed by atoms with Gasteiger partial charge in [-0.2, -0.15) is 0 Å². The van der Waals surface area contributed by atoms with Crippen LogP contribution in [0.2, 0.25) is 0 Å². The van der Waals surface area contributed by atoms with Crippen LogP contribution in [-0.2, 0) is 0 Å². The van der Waals surface area contributed by atoms with Crippen LogP contribution in [0.1, 0.15) is 12.2 Å². The van der Waals surface area contributed by atoms with Crippen molar-refractivity contribution >= 4 is 23.4 Å². The van der Waals surface area contributed by atoms with Crippen LogP contribution < -0.4 is 15.5 Å². The third kappa shape index (κ3) is 3.96. The maximum Gasteiger partial charge on any atom is 0.169 e. The number of anilines is 3. The van der Waals surface area contributed by atoms with Crippen molar-refractivity contribution in [2.45, 2.75) is 6.42 Å². The standard InChI is InChI=1S/C21H23N7O/c1-2-19-23-9-8-20(24-19)28-11-5-10-27(12-13-28)17-14-16(25-26-21(17)22)15-6-3-4-7-18(15)29/h2-4,6-9,14,29H,1,5,10-13H2,(H2,22,26). The Balaban J connectivity index is 1.57. The van der Waals surface area contributed by atoms with Gasteiger partial charge in [0.2, 0.25) is 0 Å². The first kappa shape index (κ1) is 18.7. The number of aromatic nitrogens is 4. The number of nitrogens with two attached hydrogens (primary N) is 1. The molecule has 3 heterocycles. The number of para-hydroxylation sites is 1. The van der Waals surface area contributed by atoms with Crippen LogP contribution in [0.5, 0.6) is 5.75 Å². The van der Waals surface area contributed by atoms with E-state index in [4.69, 9.17) is 5.73 Å². The summed E-state index contributed by atoms with van der Waals surface area (Å²) in [6.45, 7) is 7.02. The summed E-state index contributed by atoms with van der Waals surface area (Å²) in [6.07, 6.45) is 4.35. The van der Waals surface area contributed by atoms with E-state index in [1.165, 1.54) is 0 Å². The van der Waals surface area contributed by atoms with E-state index in [-0.39, 0.29) is 5.75 Å². The molecule has 29 heavy (non-hydrogen) atoms. The van der Waals surface area contributed by atoms with Gasteiger partial charge in [0.05, 0.1) is 11.4 Å². The summed E-state index contributed by atoms with van der Waals surface area (Å²) in [5, 5.41) is 18.4. The molecule has 3 aromatic rings. The molecule has 1 aromatic carbocycles. The normalized spacial score (nSPS) is 14.5. The molecule has 8 nitrogen and oxygen atoms in total. The number of hydrogen-bond acceptors (Lipinski definition) is 8. The highest BCUT2D eigenvalue weighted by molar-refractivity contribution is 5.74. The summed E-state index contributed by atoms with van der Waals surface area (Å²) in [5.74, 6) is 2.07. The number of phenolic OH excluding ortho intramolecular Hbond substituents is 1. The van der Waals surface area contributed by atoms with Gasteiger partial charge in [-0.15, -0.1) is 10.2 Å². The molecule has 2 aromatic heterocycles. The Kier molecular flexibility index (Phi) is 5.24. The van der Waals surface area contributed by atoms with Gasteiger partial charge in [-0.25, -0.2) is 9.97 Å². The van der Waals surface area contributed by atoms with Crippen molar-refractivity contribution in [3.05, 3.63) is 55.0 Å². The van der Waals surface area contributed by atoms with E-state index in [9.17, 15) is 5.11 Å². The molecule has 0 saturated carbocycles. The fraction of sp³-hybridized carbons (Fsp3) is 0.238. The van der Waals surface area contributed by atoms with Crippen molar-refractivity contribution in [1.29, 1.82) is 0 Å². The molecule has 0 amide bonds. The van der Waals surface area contributed by atoms with Crippen LogP contribution in [0.15, 0.2) is 49.2 Å². The lowest BCUT2D eigenvalue weighted by Gasteiger charge is -2.25. The van der Waals surface area contributed by atoms with Gasteiger partial charge in [-0.3, -0.25) is 0 Å². The third-order valence-electron chi connectivity index (χ3n) is 4.98. The van der Waals surface area contributed by atoms with Gasteiger partial charge in [-0.1, -0.05) is 18.7 Å². The van der Waals surface area contributed by atoms with Crippen LogP contribution in [0.25, 0.3) is 17.3 Å². The minimum Gasteiger partial charge on any atom is -0.507 e. The SMILES string of the molecule is C=Cc1nccc(N2CCCN(c3cc(-c4ccccc4O)nnc3N)CC2)n1. The maximum absolute atomic E-state index is 10.1. The molecule has 0 unspecified atom stereocenters. The van der Waals surface area contributed by atoms with E-state index in [1.807, 2.05) is 24.3 Å². The first-order chi connectivity index (χ1) is 14.2. The molecule has 8 heteroatoms. The number of nitrogen functional groups attached to an aromatic ring is 1. The van der Waals surface area contributed by atoms with Gasteiger partial charge < -0.3 is 20.6 Å². The zero-order valence-electron chi connectivity index (χ0n) is 16.1. The van der Waals surface area contributed by atoms with Gasteiger partial charge >= 0.3 is 0 Å². The average molecular weight is 389 g/mol. The molecule has 1 aliphatic rings. The van der Waals surface area contributed by atoms with Crippen LogP contribution in [0, 0.1) is 0 Å². The molecule has 1 saturated heterocycles. The van der Waals surface area contributed by atoms with E-state index >= 15 is 0 Å². The second-order valence-corrected chi connectivity index (χ2v) is 6.82. The molecule has 0 bridgehead atoms. The molecule has 0 radical (unpaired) electrons. The van der Waals surface area contributed by atoms with E-state index in [2.05, 4.69) is 36.5 Å². The average Bonchev–Trinajstić information content (AvgIpc) is 3.01. The smallest absolute Gasteiger partial charge is 0.169 e. The minimum absolute atomic E-state index is 0.168. The molecule has 3 N–H and O–H groups in total. The summed E-state index contributed by atoms with van der Waals surface area (Å²) < 4.78 is 0. The van der Waals surface area contributed by atoms with Crippen LogP contribution in [0.3, 0.4) is 0 Å². The van der Waals surface area contributed by atoms with Crippen LogP contribution >= 0.6 is 0 Å². The molecule has 148 valence electrons. The molecular weight excluding hydrogens is 366 g/mol. The summed E-state index contributed by atoms with van der Waals surface area (Å²) in [6, 6.07) is 10.9. The highest BCUT2D eigenvalue weighted by atomic mass is 16.3. The topological polar surface area (TPSA) is 104 Å². The lowest BCUT2D eigenvalue weighted by molar-refractivity contribution is 0.477. The summed E-state index contributed by atoms with van der Waals surface area (Å²) in [5.41, 5.74) is 8.21. The second kappa shape index (κ2) is 8.14. The van der Waals surface area contributed by atoms with E-state index in [1.54, 1.807) is 24.4 Å². The van der Waals surface area contributed by atoms with Crippen molar-refractivity contribution < 1.29 is 5.11 Å². The maximum atomic E-state index is 10.1. The van der Waals surface area contributed by atoms with Crippen molar-refractivity contribution in [3.8, 4) is 17.0 Å². The molecule has 4 rings (SSSR count). The van der Waals surface area contributed by atoms with Crippen molar-refractivity contribution in [1.82, 2.24) is 20.2 Å². The predicted molar refractivity (Wildman–Crippen MR) is 115 cm³/mol. The quantitative estimate of drug-likeness (QED) is 0.702. The summed E-state index contributed by atoms with van der Waals surface area (Å²) >= 11 is 0. The summed E-state index contributed by atoms with van der Waals surface area (Å²) in [4.78, 5) is 13.2. The Morgan fingerprint density at radius 3 is 2.66 bits per heavy atom. The van der Waals surface area contributed by atoms with Crippen molar-refractivity contribution in [2.75, 3.05) is 41.7 Å². The number of hydrogen-bond donors (Lipinski definition) is 2. The monoisotopic (exact) mass is 389 g/mol. The number of nitrogens with zero attached hydrogens (tertiary/aromatic N) is 6. The Morgan fingerprint density at radius 2 is 1.83 bits per heavy atom. The number of phenols is 1. The van der Waals surface area contributed by atoms with Gasteiger partial charge in [0.1, 0.15) is 11.6 Å². The van der Waals surface area contributed by atoms with Gasteiger partial charge in [0, 0.05) is 37.9 Å². The van der Waals surface area contributed by atoms with Crippen LogP contribution in [-0.4, -0.2) is 51.5 Å². The van der Waals surface area contributed by atoms with Crippen molar-refractivity contribution in [2.24, 2.45) is 0 Å². The van der Waals surface area contributed by atoms with Gasteiger partial charge in [-0.05, 0) is 36.8 Å². The molecule has 0 aliphatic carbocycles. The lowest BCUT2D eigenvalue weighted by atomic mass is 10.1. The molecule has 1 fully saturated rings. The number of rotatable bonds is 4. The van der Waals surface area contributed by atoms with Gasteiger partial charge in [0.25, 0.3) is 0 Å². The number of benzene rings is 1. The first-order valence-electron chi connectivity index (χ1n) is 9.52. The predicted octanol–water partition coefficient (Wildman–Crippen LogP) is 2.58. The summed E-state index contributed by atoms with van der Waals surface area (Å²) in [7, 11) is 0. The van der Waals surface area contributed by atoms with Crippen molar-refractivity contribution in [3.63, 3.8) is 0 Å². The highest BCUT2D eigenvalue weighted by Crippen LogP contribution is 2.31. The Bertz CT molecular complexity index is 1020. The van der Waals surface area contributed by atoms with E-state index in [0.29, 0.717) is 22.9 Å². The third-order valence-corrected chi connectivity index (χ3v) is 4.98. The van der Waals surface area contributed by atoms with E-state index in [0.717, 1.165) is 44.1 Å². The zero-order chi connectivity index (χ0) is 20.2. The molecule has 0 spiro atoms. The fourth-order valence-electron chi connectivity index (χ4n) is 3.49. The second-order valence-electron chi connectivity index (χ2n) is 6.82. The molecule has 1 aliphatic heterocycles. The van der Waals surface area contributed by atoms with E-state index < -0.39 is 0 Å². The van der Waals surface area contributed by atoms with Crippen LogP contribution in [0.4, 0.5) is 17.3 Å². The Morgan fingerprint density at radius 1 is 1.03 bits per heavy atom.